The Kier molecular flexibility index (Phi) is 6.02. The summed E-state index contributed by atoms with van der Waals surface area (Å²) in [4.78, 5) is 25.7. The molecule has 0 atom stereocenters. The van der Waals surface area contributed by atoms with E-state index in [1.165, 1.54) is 0 Å². The monoisotopic (exact) mass is 292 g/mol. The van der Waals surface area contributed by atoms with E-state index in [4.69, 9.17) is 5.73 Å². The van der Waals surface area contributed by atoms with Crippen molar-refractivity contribution in [1.29, 1.82) is 0 Å². The molecular formula is C15H24N4O2. The van der Waals surface area contributed by atoms with Gasteiger partial charge in [0.25, 0.3) is 5.91 Å². The number of nitrogens with two attached hydrogens (primary N) is 1. The van der Waals surface area contributed by atoms with Gasteiger partial charge in [-0.15, -0.1) is 0 Å². The van der Waals surface area contributed by atoms with E-state index in [0.717, 1.165) is 0 Å². The van der Waals surface area contributed by atoms with E-state index in [9.17, 15) is 9.59 Å². The number of hydrogen-bond acceptors (Lipinski definition) is 4. The molecule has 2 amide bonds. The van der Waals surface area contributed by atoms with Crippen molar-refractivity contribution in [3.8, 4) is 0 Å². The number of hydrogen-bond donors (Lipinski definition) is 3. The van der Waals surface area contributed by atoms with Crippen LogP contribution in [0.15, 0.2) is 18.2 Å². The van der Waals surface area contributed by atoms with Gasteiger partial charge in [-0.1, -0.05) is 0 Å². The molecule has 0 saturated heterocycles. The first-order valence-electron chi connectivity index (χ1n) is 7.05. The second kappa shape index (κ2) is 7.52. The fraction of sp³-hybridized carbons (Fsp3) is 0.467. The van der Waals surface area contributed by atoms with Gasteiger partial charge in [0, 0.05) is 25.3 Å². The average molecular weight is 292 g/mol. The molecule has 0 saturated carbocycles. The molecule has 21 heavy (non-hydrogen) atoms. The number of nitrogen functional groups attached to an aromatic ring is 1. The number of carbonyl (C=O) groups excluding carboxylic acids is 2. The van der Waals surface area contributed by atoms with E-state index in [-0.39, 0.29) is 24.4 Å². The van der Waals surface area contributed by atoms with Gasteiger partial charge < -0.3 is 21.3 Å². The van der Waals surface area contributed by atoms with Crippen LogP contribution in [-0.2, 0) is 4.79 Å². The van der Waals surface area contributed by atoms with Crippen LogP contribution in [0, 0.1) is 0 Å². The topological polar surface area (TPSA) is 87.5 Å². The fourth-order valence-electron chi connectivity index (χ4n) is 2.05. The predicted molar refractivity (Wildman–Crippen MR) is 85.4 cm³/mol. The van der Waals surface area contributed by atoms with Gasteiger partial charge in [0.15, 0.2) is 0 Å². The van der Waals surface area contributed by atoms with Gasteiger partial charge in [0.1, 0.15) is 0 Å². The van der Waals surface area contributed by atoms with Gasteiger partial charge in [-0.05, 0) is 39.0 Å². The minimum absolute atomic E-state index is 0.0791. The maximum absolute atomic E-state index is 12.0. The van der Waals surface area contributed by atoms with Crippen molar-refractivity contribution in [3.63, 3.8) is 0 Å². The van der Waals surface area contributed by atoms with Gasteiger partial charge >= 0.3 is 0 Å². The van der Waals surface area contributed by atoms with Crippen LogP contribution >= 0.6 is 0 Å². The van der Waals surface area contributed by atoms with E-state index < -0.39 is 0 Å². The molecule has 1 aromatic carbocycles. The molecule has 0 aromatic heterocycles. The maximum atomic E-state index is 12.0. The SMILES string of the molecule is CCN(CC(=O)NC(C)C)c1cc(N)ccc1C(=O)NC. The molecule has 6 heteroatoms. The summed E-state index contributed by atoms with van der Waals surface area (Å²) in [5.41, 5.74) is 7.54. The average Bonchev–Trinajstić information content (AvgIpc) is 2.43. The number of likely N-dealkylation sites (N-methyl/N-ethyl adjacent to an activating group) is 1. The summed E-state index contributed by atoms with van der Waals surface area (Å²) in [7, 11) is 1.57. The fourth-order valence-corrected chi connectivity index (χ4v) is 2.05. The van der Waals surface area contributed by atoms with E-state index in [0.29, 0.717) is 23.5 Å². The molecule has 0 fully saturated rings. The van der Waals surface area contributed by atoms with Crippen LogP contribution in [-0.4, -0.2) is 38.0 Å². The molecule has 116 valence electrons. The highest BCUT2D eigenvalue weighted by molar-refractivity contribution is 6.00. The van der Waals surface area contributed by atoms with Crippen molar-refractivity contribution in [2.24, 2.45) is 0 Å². The Labute approximate surface area is 125 Å². The van der Waals surface area contributed by atoms with Crippen molar-refractivity contribution >= 4 is 23.2 Å². The summed E-state index contributed by atoms with van der Waals surface area (Å²) in [5.74, 6) is -0.287. The van der Waals surface area contributed by atoms with Crippen LogP contribution in [0.1, 0.15) is 31.1 Å². The molecular weight excluding hydrogens is 268 g/mol. The first-order valence-corrected chi connectivity index (χ1v) is 7.05. The van der Waals surface area contributed by atoms with Gasteiger partial charge in [0.2, 0.25) is 5.91 Å². The third kappa shape index (κ3) is 4.66. The third-order valence-corrected chi connectivity index (χ3v) is 3.00. The van der Waals surface area contributed by atoms with Crippen molar-refractivity contribution in [3.05, 3.63) is 23.8 Å². The Bertz CT molecular complexity index is 514. The van der Waals surface area contributed by atoms with Crippen LogP contribution in [0.4, 0.5) is 11.4 Å². The zero-order chi connectivity index (χ0) is 16.0. The minimum Gasteiger partial charge on any atom is -0.399 e. The second-order valence-electron chi connectivity index (χ2n) is 5.09. The highest BCUT2D eigenvalue weighted by atomic mass is 16.2. The van der Waals surface area contributed by atoms with Gasteiger partial charge in [-0.2, -0.15) is 0 Å². The van der Waals surface area contributed by atoms with Crippen LogP contribution in [0.25, 0.3) is 0 Å². The van der Waals surface area contributed by atoms with Crippen molar-refractivity contribution in [1.82, 2.24) is 10.6 Å². The van der Waals surface area contributed by atoms with Crippen LogP contribution in [0.5, 0.6) is 0 Å². The number of nitrogens with one attached hydrogen (secondary N) is 2. The number of carbonyl (C=O) groups is 2. The molecule has 0 aliphatic carbocycles. The molecule has 0 aliphatic rings. The molecule has 0 heterocycles. The van der Waals surface area contributed by atoms with Crippen molar-refractivity contribution in [2.45, 2.75) is 26.8 Å². The Morgan fingerprint density at radius 3 is 2.52 bits per heavy atom. The smallest absolute Gasteiger partial charge is 0.253 e. The first kappa shape index (κ1) is 16.8. The van der Waals surface area contributed by atoms with Crippen molar-refractivity contribution < 1.29 is 9.59 Å². The normalized spacial score (nSPS) is 10.3. The summed E-state index contributed by atoms with van der Waals surface area (Å²) in [6.45, 7) is 6.52. The standard InChI is InChI=1S/C15H24N4O2/c1-5-19(9-14(20)18-10(2)3)13-8-11(16)6-7-12(13)15(21)17-4/h6-8,10H,5,9,16H2,1-4H3,(H,17,21)(H,18,20). The van der Waals surface area contributed by atoms with Gasteiger partial charge in [-0.3, -0.25) is 9.59 Å². The van der Waals surface area contributed by atoms with Crippen LogP contribution in [0.2, 0.25) is 0 Å². The Morgan fingerprint density at radius 1 is 1.33 bits per heavy atom. The highest BCUT2D eigenvalue weighted by Crippen LogP contribution is 2.23. The largest absolute Gasteiger partial charge is 0.399 e. The van der Waals surface area contributed by atoms with Crippen molar-refractivity contribution in [2.75, 3.05) is 30.8 Å². The Balaban J connectivity index is 3.06. The molecule has 0 bridgehead atoms. The summed E-state index contributed by atoms with van der Waals surface area (Å²) in [6, 6.07) is 5.15. The lowest BCUT2D eigenvalue weighted by Crippen LogP contribution is -2.40. The number of rotatable bonds is 6. The molecule has 4 N–H and O–H groups in total. The zero-order valence-electron chi connectivity index (χ0n) is 13.1. The number of nitrogens with zero attached hydrogens (tertiary/aromatic N) is 1. The lowest BCUT2D eigenvalue weighted by molar-refractivity contribution is -0.120. The van der Waals surface area contributed by atoms with E-state index >= 15 is 0 Å². The summed E-state index contributed by atoms with van der Waals surface area (Å²) >= 11 is 0. The number of benzene rings is 1. The molecule has 0 aliphatic heterocycles. The Hall–Kier alpha value is -2.24. The third-order valence-electron chi connectivity index (χ3n) is 3.00. The lowest BCUT2D eigenvalue weighted by Gasteiger charge is -2.25. The molecule has 1 aromatic rings. The molecule has 0 spiro atoms. The summed E-state index contributed by atoms with van der Waals surface area (Å²) in [6.07, 6.45) is 0. The summed E-state index contributed by atoms with van der Waals surface area (Å²) in [5, 5.41) is 5.44. The lowest BCUT2D eigenvalue weighted by atomic mass is 10.1. The number of amides is 2. The molecule has 1 rings (SSSR count). The van der Waals surface area contributed by atoms with E-state index in [1.807, 2.05) is 25.7 Å². The van der Waals surface area contributed by atoms with Crippen LogP contribution < -0.4 is 21.3 Å². The quantitative estimate of drug-likeness (QED) is 0.682. The van der Waals surface area contributed by atoms with E-state index in [1.54, 1.807) is 25.2 Å². The van der Waals surface area contributed by atoms with E-state index in [2.05, 4.69) is 10.6 Å². The molecule has 0 unspecified atom stereocenters. The second-order valence-corrected chi connectivity index (χ2v) is 5.09. The van der Waals surface area contributed by atoms with Crippen LogP contribution in [0.3, 0.4) is 0 Å². The molecule has 6 nitrogen and oxygen atoms in total. The first-order chi connectivity index (χ1) is 9.88. The molecule has 0 radical (unpaired) electrons. The zero-order valence-corrected chi connectivity index (χ0v) is 13.1. The predicted octanol–water partition coefficient (Wildman–Crippen LogP) is 0.979. The maximum Gasteiger partial charge on any atom is 0.253 e. The number of anilines is 2. The van der Waals surface area contributed by atoms with Gasteiger partial charge in [0.05, 0.1) is 17.8 Å². The Morgan fingerprint density at radius 2 is 2.00 bits per heavy atom. The minimum atomic E-state index is -0.201. The van der Waals surface area contributed by atoms with Gasteiger partial charge in [-0.25, -0.2) is 0 Å². The summed E-state index contributed by atoms with van der Waals surface area (Å²) < 4.78 is 0. The highest BCUT2D eigenvalue weighted by Gasteiger charge is 2.17.